The Labute approximate surface area is 484 Å². The van der Waals surface area contributed by atoms with Crippen LogP contribution >= 0.6 is 0 Å². The highest BCUT2D eigenvalue weighted by atomic mass is 19.1. The zero-order chi connectivity index (χ0) is 57.1. The minimum Gasteiger partial charge on any atom is -0.461 e. The molecule has 6 aromatic rings. The Balaban J connectivity index is 0.743. The van der Waals surface area contributed by atoms with Gasteiger partial charge in [0.05, 0.1) is 45.3 Å². The quantitative estimate of drug-likeness (QED) is 0.107. The highest BCUT2D eigenvalue weighted by Crippen LogP contribution is 2.47. The molecule has 14 rings (SSSR count). The van der Waals surface area contributed by atoms with Crippen LogP contribution in [-0.2, 0) is 4.74 Å². The molecule has 0 aromatic carbocycles. The lowest BCUT2D eigenvalue weighted by Gasteiger charge is -2.45. The molecule has 6 atom stereocenters. The van der Waals surface area contributed by atoms with Crippen LogP contribution in [-0.4, -0.2) is 178 Å². The van der Waals surface area contributed by atoms with Gasteiger partial charge in [0.25, 0.3) is 0 Å². The molecule has 8 aliphatic heterocycles. The standard InChI is InChI=1S/C63H78F2N14O4/c1-37(2)50-44(13-8-22-66-50)52-48(64)54-46(28-68-52)56(72-58(70-54)81-35-62-19-10-24-76(62)25-11-20-62)74-30-39-15-16-40(31-74)78(39)43-27-63(21-12-26-77(63)34-43)36-82-59-71-55-47(29-69-53(49(55)65)45-14-9-23-67-51(45)38(3)4)57(73-59)75-32-41-17-18-42(33-75)79(41)60(80)83-61(5,6)7/h8-9,13-14,22-23,28-29,37-43H,10-12,15-21,24-27,30-36H2,1-7H3. The molecule has 8 saturated heterocycles. The van der Waals surface area contributed by atoms with Crippen LogP contribution in [0.25, 0.3) is 44.3 Å². The number of fused-ring (bicyclic) bond motifs is 8. The minimum atomic E-state index is -0.622. The third-order valence-corrected chi connectivity index (χ3v) is 19.8. The normalized spacial score (nSPS) is 26.1. The van der Waals surface area contributed by atoms with E-state index in [4.69, 9.17) is 44.1 Å². The molecule has 8 aliphatic rings. The minimum absolute atomic E-state index is 0.0314. The Morgan fingerprint density at radius 2 is 1.08 bits per heavy atom. The van der Waals surface area contributed by atoms with Gasteiger partial charge in [-0.3, -0.25) is 39.5 Å². The van der Waals surface area contributed by atoms with E-state index >= 15 is 8.78 Å². The van der Waals surface area contributed by atoms with Gasteiger partial charge in [-0.15, -0.1) is 0 Å². The number of ether oxygens (including phenoxy) is 3. The summed E-state index contributed by atoms with van der Waals surface area (Å²) in [6.07, 6.45) is 17.7. The molecule has 0 aliphatic carbocycles. The van der Waals surface area contributed by atoms with Gasteiger partial charge in [-0.05, 0) is 147 Å². The Kier molecular flexibility index (Phi) is 13.7. The predicted molar refractivity (Wildman–Crippen MR) is 313 cm³/mol. The van der Waals surface area contributed by atoms with Crippen LogP contribution in [0.5, 0.6) is 12.0 Å². The average molecular weight is 1130 g/mol. The van der Waals surface area contributed by atoms with E-state index in [9.17, 15) is 4.79 Å². The molecule has 20 heteroatoms. The van der Waals surface area contributed by atoms with Crippen molar-refractivity contribution in [2.45, 2.75) is 178 Å². The van der Waals surface area contributed by atoms with Crippen LogP contribution < -0.4 is 19.3 Å². The maximum absolute atomic E-state index is 17.4. The monoisotopic (exact) mass is 1130 g/mol. The molecule has 6 aromatic heterocycles. The highest BCUT2D eigenvalue weighted by Gasteiger charge is 2.55. The summed E-state index contributed by atoms with van der Waals surface area (Å²) in [5.74, 6) is 0.296. The molecule has 4 bridgehead atoms. The van der Waals surface area contributed by atoms with Gasteiger partial charge < -0.3 is 24.0 Å². The van der Waals surface area contributed by atoms with E-state index < -0.39 is 17.2 Å². The Morgan fingerprint density at radius 3 is 1.59 bits per heavy atom. The van der Waals surface area contributed by atoms with Crippen molar-refractivity contribution in [2.75, 3.05) is 75.4 Å². The second-order valence-corrected chi connectivity index (χ2v) is 26.8. The number of carbonyl (C=O) groups excluding carboxylic acids is 1. The number of aromatic nitrogens is 8. The summed E-state index contributed by atoms with van der Waals surface area (Å²) in [7, 11) is 0. The molecular weight excluding hydrogens is 1050 g/mol. The van der Waals surface area contributed by atoms with E-state index in [2.05, 4.69) is 48.3 Å². The number of hydrogen-bond donors (Lipinski definition) is 0. The van der Waals surface area contributed by atoms with E-state index in [-0.39, 0.29) is 93.7 Å². The molecule has 438 valence electrons. The van der Waals surface area contributed by atoms with Gasteiger partial charge in [-0.25, -0.2) is 13.6 Å². The molecule has 14 heterocycles. The molecule has 0 spiro atoms. The number of carbonyl (C=O) groups is 1. The number of hydrogen-bond acceptors (Lipinski definition) is 17. The average Bonchev–Trinajstić information content (AvgIpc) is 2.61. The number of amides is 1. The van der Waals surface area contributed by atoms with Crippen molar-refractivity contribution in [3.05, 3.63) is 72.1 Å². The fourth-order valence-electron chi connectivity index (χ4n) is 16.1. The number of pyridine rings is 4. The molecule has 18 nitrogen and oxygen atoms in total. The van der Waals surface area contributed by atoms with Crippen LogP contribution in [0, 0.1) is 11.6 Å². The molecular formula is C63H78F2N14O4. The first kappa shape index (κ1) is 54.4. The van der Waals surface area contributed by atoms with Gasteiger partial charge in [-0.1, -0.05) is 27.7 Å². The van der Waals surface area contributed by atoms with E-state index in [1.807, 2.05) is 63.8 Å². The number of piperazine rings is 2. The SMILES string of the molecule is CC(C)c1ncccc1-c1ncc2c(N3CC4CCC(C3)N4C(=O)OC(C)(C)C)nc(OCC34CCCN3CC(N3C5CCC3CN(c3nc(OCC67CCCN6CCC7)nc6c(F)c(-c7cccnc7C(C)C)ncc36)C5)C4)nc2c1F. The van der Waals surface area contributed by atoms with Crippen LogP contribution in [0.4, 0.5) is 25.2 Å². The fourth-order valence-corrected chi connectivity index (χ4v) is 16.1. The zero-order valence-electron chi connectivity index (χ0n) is 49.2. The molecule has 1 amide bonds. The topological polar surface area (TPSA) is 167 Å². The summed E-state index contributed by atoms with van der Waals surface area (Å²) < 4.78 is 54.2. The maximum Gasteiger partial charge on any atom is 0.410 e. The van der Waals surface area contributed by atoms with Gasteiger partial charge in [0, 0.05) is 86.8 Å². The van der Waals surface area contributed by atoms with Crippen molar-refractivity contribution in [3.63, 3.8) is 0 Å². The van der Waals surface area contributed by atoms with Crippen molar-refractivity contribution >= 4 is 39.5 Å². The molecule has 0 saturated carbocycles. The second-order valence-electron chi connectivity index (χ2n) is 26.8. The van der Waals surface area contributed by atoms with E-state index in [0.717, 1.165) is 121 Å². The third kappa shape index (κ3) is 9.56. The van der Waals surface area contributed by atoms with Crippen molar-refractivity contribution in [1.82, 2.24) is 59.5 Å². The largest absolute Gasteiger partial charge is 0.461 e. The highest BCUT2D eigenvalue weighted by molar-refractivity contribution is 5.93. The van der Waals surface area contributed by atoms with Crippen molar-refractivity contribution in [1.29, 1.82) is 0 Å². The van der Waals surface area contributed by atoms with Crippen molar-refractivity contribution in [2.24, 2.45) is 0 Å². The molecule has 0 N–H and O–H groups in total. The Bertz CT molecular complexity index is 3450. The van der Waals surface area contributed by atoms with Gasteiger partial charge >= 0.3 is 18.1 Å². The summed E-state index contributed by atoms with van der Waals surface area (Å²) >= 11 is 0. The molecule has 0 radical (unpaired) electrons. The third-order valence-electron chi connectivity index (χ3n) is 19.8. The summed E-state index contributed by atoms with van der Waals surface area (Å²) in [6, 6.07) is 8.32. The zero-order valence-corrected chi connectivity index (χ0v) is 49.2. The number of halogens is 2. The molecule has 8 fully saturated rings. The molecule has 6 unspecified atom stereocenters. The fraction of sp³-hybridized carbons (Fsp3) is 0.603. The van der Waals surface area contributed by atoms with E-state index in [0.29, 0.717) is 59.8 Å². The number of nitrogens with zero attached hydrogens (tertiary/aromatic N) is 14. The lowest BCUT2D eigenvalue weighted by molar-refractivity contribution is 0.0122. The first-order valence-corrected chi connectivity index (χ1v) is 30.7. The Hall–Kier alpha value is -6.51. The predicted octanol–water partition coefficient (Wildman–Crippen LogP) is 9.95. The summed E-state index contributed by atoms with van der Waals surface area (Å²) in [4.78, 5) is 66.9. The van der Waals surface area contributed by atoms with Crippen LogP contribution in [0.3, 0.4) is 0 Å². The van der Waals surface area contributed by atoms with E-state index in [1.165, 1.54) is 0 Å². The Morgan fingerprint density at radius 1 is 0.614 bits per heavy atom. The molecule has 83 heavy (non-hydrogen) atoms. The van der Waals surface area contributed by atoms with Crippen molar-refractivity contribution < 1.29 is 27.8 Å². The van der Waals surface area contributed by atoms with Gasteiger partial charge in [0.2, 0.25) is 0 Å². The summed E-state index contributed by atoms with van der Waals surface area (Å²) in [5, 5.41) is 1.08. The lowest BCUT2D eigenvalue weighted by Crippen LogP contribution is -2.58. The number of rotatable bonds is 13. The van der Waals surface area contributed by atoms with E-state index in [1.54, 1.807) is 24.8 Å². The second kappa shape index (κ2) is 20.9. The summed E-state index contributed by atoms with van der Waals surface area (Å²) in [5.41, 5.74) is 2.70. The van der Waals surface area contributed by atoms with Gasteiger partial charge in [0.1, 0.15) is 52.9 Å². The maximum atomic E-state index is 17.4. The van der Waals surface area contributed by atoms with Crippen molar-refractivity contribution in [3.8, 4) is 34.5 Å². The first-order valence-electron chi connectivity index (χ1n) is 30.7. The smallest absolute Gasteiger partial charge is 0.410 e. The summed E-state index contributed by atoms with van der Waals surface area (Å²) in [6.45, 7) is 21.2. The lowest BCUT2D eigenvalue weighted by atomic mass is 9.92. The van der Waals surface area contributed by atoms with Gasteiger partial charge in [-0.2, -0.15) is 19.9 Å². The number of anilines is 2. The van der Waals surface area contributed by atoms with Crippen LogP contribution in [0.15, 0.2) is 49.1 Å². The first-order chi connectivity index (χ1) is 40.0. The van der Waals surface area contributed by atoms with Crippen LogP contribution in [0.2, 0.25) is 0 Å². The van der Waals surface area contributed by atoms with Crippen LogP contribution in [0.1, 0.15) is 142 Å². The van der Waals surface area contributed by atoms with Gasteiger partial charge in [0.15, 0.2) is 11.6 Å².